The van der Waals surface area contributed by atoms with Crippen LogP contribution in [0.15, 0.2) is 12.1 Å². The van der Waals surface area contributed by atoms with Gasteiger partial charge in [0.05, 0.1) is 0 Å². The van der Waals surface area contributed by atoms with Crippen molar-refractivity contribution in [3.05, 3.63) is 21.9 Å². The van der Waals surface area contributed by atoms with E-state index in [-0.39, 0.29) is 0 Å². The molecule has 13 heavy (non-hydrogen) atoms. The maximum atomic E-state index is 6.08. The average molecular weight is 196 g/mol. The monoisotopic (exact) mass is 196 g/mol. The molecule has 1 aliphatic heterocycles. The van der Waals surface area contributed by atoms with Gasteiger partial charge in [0.25, 0.3) is 0 Å². The number of likely N-dealkylation sites (tertiary alicyclic amines) is 1. The third-order valence-corrected chi connectivity index (χ3v) is 3.81. The van der Waals surface area contributed by atoms with Crippen LogP contribution in [-0.4, -0.2) is 31.1 Å². The highest BCUT2D eigenvalue weighted by Gasteiger charge is 2.29. The van der Waals surface area contributed by atoms with Crippen LogP contribution in [-0.2, 0) is 0 Å². The summed E-state index contributed by atoms with van der Waals surface area (Å²) in [6.45, 7) is 4.29. The molecule has 0 aromatic carbocycles. The van der Waals surface area contributed by atoms with Crippen LogP contribution in [0.3, 0.4) is 0 Å². The van der Waals surface area contributed by atoms with Crippen LogP contribution in [0.5, 0.6) is 0 Å². The Bertz CT molecular complexity index is 295. The zero-order valence-corrected chi connectivity index (χ0v) is 8.97. The van der Waals surface area contributed by atoms with Crippen molar-refractivity contribution in [3.63, 3.8) is 0 Å². The quantitative estimate of drug-likeness (QED) is 0.736. The summed E-state index contributed by atoms with van der Waals surface area (Å²) >= 11 is 1.88. The van der Waals surface area contributed by atoms with Crippen molar-refractivity contribution >= 4 is 11.3 Å². The fourth-order valence-corrected chi connectivity index (χ4v) is 3.03. The predicted molar refractivity (Wildman–Crippen MR) is 57.3 cm³/mol. The number of nitrogens with zero attached hydrogens (tertiary/aromatic N) is 1. The Morgan fingerprint density at radius 3 is 2.69 bits per heavy atom. The second kappa shape index (κ2) is 3.40. The van der Waals surface area contributed by atoms with E-state index in [2.05, 4.69) is 31.0 Å². The van der Waals surface area contributed by atoms with Crippen molar-refractivity contribution < 1.29 is 0 Å². The van der Waals surface area contributed by atoms with E-state index >= 15 is 0 Å². The fraction of sp³-hybridized carbons (Fsp3) is 0.600. The SMILES string of the molecule is Cc1ccc(C2CN(C)CC2N)s1. The van der Waals surface area contributed by atoms with Crippen LogP contribution in [0.4, 0.5) is 0 Å². The van der Waals surface area contributed by atoms with E-state index in [1.807, 2.05) is 11.3 Å². The lowest BCUT2D eigenvalue weighted by molar-refractivity contribution is 0.408. The van der Waals surface area contributed by atoms with E-state index in [9.17, 15) is 0 Å². The van der Waals surface area contributed by atoms with Crippen LogP contribution >= 0.6 is 11.3 Å². The van der Waals surface area contributed by atoms with Crippen molar-refractivity contribution in [2.45, 2.75) is 18.9 Å². The second-order valence-electron chi connectivity index (χ2n) is 3.94. The summed E-state index contributed by atoms with van der Waals surface area (Å²) in [6, 6.07) is 4.73. The van der Waals surface area contributed by atoms with Gasteiger partial charge in [-0.05, 0) is 26.1 Å². The number of thiophene rings is 1. The molecule has 1 aliphatic rings. The molecule has 2 rings (SSSR count). The Hall–Kier alpha value is -0.380. The molecule has 0 radical (unpaired) electrons. The molecule has 1 aromatic heterocycles. The number of aryl methyl sites for hydroxylation is 1. The first kappa shape index (κ1) is 9.19. The van der Waals surface area contributed by atoms with Crippen LogP contribution in [0, 0.1) is 6.92 Å². The molecule has 1 saturated heterocycles. The van der Waals surface area contributed by atoms with Gasteiger partial charge in [-0.1, -0.05) is 0 Å². The molecule has 2 unspecified atom stereocenters. The summed E-state index contributed by atoms with van der Waals surface area (Å²) in [6.07, 6.45) is 0. The normalized spacial score (nSPS) is 29.8. The topological polar surface area (TPSA) is 29.3 Å². The van der Waals surface area contributed by atoms with E-state index < -0.39 is 0 Å². The van der Waals surface area contributed by atoms with Crippen molar-refractivity contribution in [1.29, 1.82) is 0 Å². The molecule has 2 nitrogen and oxygen atoms in total. The third-order valence-electron chi connectivity index (χ3n) is 2.67. The number of rotatable bonds is 1. The Morgan fingerprint density at radius 1 is 1.46 bits per heavy atom. The first-order valence-corrected chi connectivity index (χ1v) is 5.49. The zero-order chi connectivity index (χ0) is 9.42. The van der Waals surface area contributed by atoms with Crippen molar-refractivity contribution in [3.8, 4) is 0 Å². The summed E-state index contributed by atoms with van der Waals surface area (Å²) in [5, 5.41) is 0. The lowest BCUT2D eigenvalue weighted by atomic mass is 10.0. The average Bonchev–Trinajstić information content (AvgIpc) is 2.58. The smallest absolute Gasteiger partial charge is 0.0257 e. The van der Waals surface area contributed by atoms with Crippen LogP contribution in [0.25, 0.3) is 0 Å². The largest absolute Gasteiger partial charge is 0.326 e. The first-order valence-electron chi connectivity index (χ1n) is 4.67. The van der Waals surface area contributed by atoms with Crippen LogP contribution < -0.4 is 5.73 Å². The third kappa shape index (κ3) is 1.77. The second-order valence-corrected chi connectivity index (χ2v) is 5.26. The van der Waals surface area contributed by atoms with Crippen molar-refractivity contribution in [2.75, 3.05) is 20.1 Å². The summed E-state index contributed by atoms with van der Waals surface area (Å²) in [5.41, 5.74) is 6.08. The molecule has 0 saturated carbocycles. The van der Waals surface area contributed by atoms with Gasteiger partial charge in [0.15, 0.2) is 0 Å². The molecule has 0 bridgehead atoms. The fourth-order valence-electron chi connectivity index (χ4n) is 1.99. The molecule has 2 N–H and O–H groups in total. The van der Waals surface area contributed by atoms with Gasteiger partial charge >= 0.3 is 0 Å². The number of hydrogen-bond donors (Lipinski definition) is 1. The number of hydrogen-bond acceptors (Lipinski definition) is 3. The molecular weight excluding hydrogens is 180 g/mol. The van der Waals surface area contributed by atoms with E-state index in [1.165, 1.54) is 9.75 Å². The summed E-state index contributed by atoms with van der Waals surface area (Å²) < 4.78 is 0. The van der Waals surface area contributed by atoms with E-state index in [4.69, 9.17) is 5.73 Å². The molecular formula is C10H16N2S. The standard InChI is InChI=1S/C10H16N2S/c1-7-3-4-10(13-7)8-5-12(2)6-9(8)11/h3-4,8-9H,5-6,11H2,1-2H3. The molecule has 1 fully saturated rings. The summed E-state index contributed by atoms with van der Waals surface area (Å²) in [7, 11) is 2.14. The summed E-state index contributed by atoms with van der Waals surface area (Å²) in [4.78, 5) is 5.15. The van der Waals surface area contributed by atoms with Crippen molar-refractivity contribution in [1.82, 2.24) is 4.90 Å². The molecule has 1 aromatic rings. The van der Waals surface area contributed by atoms with Gasteiger partial charge in [-0.25, -0.2) is 0 Å². The van der Waals surface area contributed by atoms with Crippen LogP contribution in [0.1, 0.15) is 15.7 Å². The molecule has 0 spiro atoms. The highest BCUT2D eigenvalue weighted by molar-refractivity contribution is 7.12. The first-order chi connectivity index (χ1) is 6.16. The van der Waals surface area contributed by atoms with Gasteiger partial charge in [0.1, 0.15) is 0 Å². The van der Waals surface area contributed by atoms with Gasteiger partial charge in [-0.3, -0.25) is 0 Å². The van der Waals surface area contributed by atoms with Gasteiger partial charge in [0.2, 0.25) is 0 Å². The Balaban J connectivity index is 2.17. The van der Waals surface area contributed by atoms with E-state index in [0.29, 0.717) is 12.0 Å². The highest BCUT2D eigenvalue weighted by Crippen LogP contribution is 2.30. The Kier molecular flexibility index (Phi) is 2.41. The van der Waals surface area contributed by atoms with Gasteiger partial charge in [-0.2, -0.15) is 0 Å². The van der Waals surface area contributed by atoms with E-state index in [1.54, 1.807) is 0 Å². The van der Waals surface area contributed by atoms with Gasteiger partial charge < -0.3 is 10.6 Å². The number of likely N-dealkylation sites (N-methyl/N-ethyl adjacent to an activating group) is 1. The van der Waals surface area contributed by atoms with Gasteiger partial charge in [0, 0.05) is 34.8 Å². The molecule has 72 valence electrons. The Morgan fingerprint density at radius 2 is 2.23 bits per heavy atom. The number of nitrogens with two attached hydrogens (primary N) is 1. The van der Waals surface area contributed by atoms with Gasteiger partial charge in [-0.15, -0.1) is 11.3 Å². The minimum atomic E-state index is 0.322. The molecule has 0 aliphatic carbocycles. The minimum absolute atomic E-state index is 0.322. The lowest BCUT2D eigenvalue weighted by Gasteiger charge is -2.11. The van der Waals surface area contributed by atoms with Crippen molar-refractivity contribution in [2.24, 2.45) is 5.73 Å². The molecule has 0 amide bonds. The maximum absolute atomic E-state index is 6.08. The predicted octanol–water partition coefficient (Wildman–Crippen LogP) is 1.41. The molecule has 2 atom stereocenters. The molecule has 3 heteroatoms. The highest BCUT2D eigenvalue weighted by atomic mass is 32.1. The van der Waals surface area contributed by atoms with E-state index in [0.717, 1.165) is 13.1 Å². The summed E-state index contributed by atoms with van der Waals surface area (Å²) in [5.74, 6) is 0.559. The molecule has 2 heterocycles. The maximum Gasteiger partial charge on any atom is 0.0257 e. The minimum Gasteiger partial charge on any atom is -0.326 e. The Labute approximate surface area is 83.4 Å². The van der Waals surface area contributed by atoms with Crippen LogP contribution in [0.2, 0.25) is 0 Å². The lowest BCUT2D eigenvalue weighted by Crippen LogP contribution is -2.27. The zero-order valence-electron chi connectivity index (χ0n) is 8.16.